The van der Waals surface area contributed by atoms with Gasteiger partial charge in [-0.25, -0.2) is 0 Å². The van der Waals surface area contributed by atoms with Gasteiger partial charge in [0.1, 0.15) is 19.3 Å². The maximum absolute atomic E-state index is 12.5. The van der Waals surface area contributed by atoms with Gasteiger partial charge in [-0.3, -0.25) is 14.4 Å². The number of carbonyl (C=O) groups excluding carboxylic acids is 3. The lowest BCUT2D eigenvalue weighted by molar-refractivity contribution is -0.150. The second-order valence-electron chi connectivity index (χ2n) is 13.6. The molecule has 0 N–H and O–H groups in total. The number of allylic oxidation sites excluding steroid dienone is 2. The molecule has 7 nitrogen and oxygen atoms in total. The van der Waals surface area contributed by atoms with Crippen LogP contribution in [-0.4, -0.2) is 62.8 Å². The summed E-state index contributed by atoms with van der Waals surface area (Å²) in [5.41, 5.74) is 0. The van der Waals surface area contributed by atoms with Crippen LogP contribution < -0.4 is 0 Å². The molecule has 0 aromatic carbocycles. The Kier molecular flexibility index (Phi) is 34.5. The molecule has 0 saturated carbocycles. The van der Waals surface area contributed by atoms with E-state index in [0.717, 1.165) is 103 Å². The predicted molar refractivity (Wildman–Crippen MR) is 200 cm³/mol. The molecule has 0 saturated heterocycles. The summed E-state index contributed by atoms with van der Waals surface area (Å²) in [6.07, 6.45) is 34.4. The molecular formula is C41H75NO6. The first-order valence-electron chi connectivity index (χ1n) is 19.8. The molecule has 0 amide bonds. The van der Waals surface area contributed by atoms with Gasteiger partial charge in [-0.2, -0.15) is 0 Å². The van der Waals surface area contributed by atoms with Crippen molar-refractivity contribution in [3.8, 4) is 0 Å². The number of ether oxygens (including phenoxy) is 3. The summed E-state index contributed by atoms with van der Waals surface area (Å²) in [7, 11) is 4.03. The van der Waals surface area contributed by atoms with E-state index in [1.807, 2.05) is 26.2 Å². The number of hydrogen-bond donors (Lipinski definition) is 0. The van der Waals surface area contributed by atoms with Gasteiger partial charge in [0, 0.05) is 19.3 Å². The van der Waals surface area contributed by atoms with Crippen LogP contribution in [0.4, 0.5) is 0 Å². The fraction of sp³-hybridized carbons (Fsp3) is 0.829. The number of esters is 3. The van der Waals surface area contributed by atoms with Gasteiger partial charge in [-0.05, 0) is 91.3 Å². The molecule has 0 fully saturated rings. The Hall–Kier alpha value is -2.15. The average Bonchev–Trinajstić information content (AvgIpc) is 3.05. The number of carbonyl (C=O) groups is 3. The van der Waals surface area contributed by atoms with Crippen LogP contribution >= 0.6 is 0 Å². The molecule has 0 bridgehead atoms. The van der Waals surface area contributed by atoms with Crippen molar-refractivity contribution in [1.82, 2.24) is 4.90 Å². The van der Waals surface area contributed by atoms with E-state index in [9.17, 15) is 14.4 Å². The number of rotatable bonds is 35. The second-order valence-corrected chi connectivity index (χ2v) is 13.6. The van der Waals surface area contributed by atoms with Crippen molar-refractivity contribution in [3.05, 3.63) is 24.3 Å². The molecule has 7 heteroatoms. The van der Waals surface area contributed by atoms with Gasteiger partial charge in [0.15, 0.2) is 0 Å². The molecule has 48 heavy (non-hydrogen) atoms. The number of hydrogen-bond acceptors (Lipinski definition) is 7. The Bertz CT molecular complexity index is 757. The van der Waals surface area contributed by atoms with Gasteiger partial charge in [0.25, 0.3) is 0 Å². The Balaban J connectivity index is 4.11. The van der Waals surface area contributed by atoms with Gasteiger partial charge in [-0.1, -0.05) is 115 Å². The van der Waals surface area contributed by atoms with Crippen molar-refractivity contribution in [2.45, 2.75) is 187 Å². The molecule has 0 heterocycles. The number of nitrogens with zero attached hydrogens (tertiary/aromatic N) is 1. The summed E-state index contributed by atoms with van der Waals surface area (Å²) in [5, 5.41) is 0. The molecule has 0 radical (unpaired) electrons. The molecule has 0 aromatic heterocycles. The lowest BCUT2D eigenvalue weighted by atomic mass is 10.0. The minimum absolute atomic E-state index is 0.0267. The first-order chi connectivity index (χ1) is 23.4. The maximum Gasteiger partial charge on any atom is 0.306 e. The van der Waals surface area contributed by atoms with Crippen molar-refractivity contribution < 1.29 is 28.6 Å². The molecular weight excluding hydrogens is 602 g/mol. The SMILES string of the molecule is CCCCCC/C=C/COC(=O)CCCCCCCC(CCCCCCCC(=O)OC/C=C/CCCCCC)OC(=O)CCCN(C)C. The van der Waals surface area contributed by atoms with Crippen molar-refractivity contribution in [3.63, 3.8) is 0 Å². The van der Waals surface area contributed by atoms with Crippen LogP contribution in [0.3, 0.4) is 0 Å². The topological polar surface area (TPSA) is 82.1 Å². The summed E-state index contributed by atoms with van der Waals surface area (Å²) in [6.45, 7) is 6.08. The zero-order valence-corrected chi connectivity index (χ0v) is 31.8. The monoisotopic (exact) mass is 678 g/mol. The lowest BCUT2D eigenvalue weighted by Crippen LogP contribution is -2.20. The van der Waals surface area contributed by atoms with E-state index in [1.54, 1.807) is 0 Å². The van der Waals surface area contributed by atoms with E-state index in [1.165, 1.54) is 51.4 Å². The van der Waals surface area contributed by atoms with Crippen LogP contribution in [-0.2, 0) is 28.6 Å². The standard InChI is InChI=1S/C41H75NO6/c1-5-7-9-11-13-21-27-36-46-39(43)32-25-19-15-17-23-30-38(48-41(45)34-29-35-42(3)4)31-24-18-16-20-26-33-40(44)47-37-28-22-14-12-10-8-6-2/h21-22,27-28,38H,5-20,23-26,29-37H2,1-4H3/b27-21+,28-22+. The Morgan fingerprint density at radius 1 is 0.500 bits per heavy atom. The smallest absolute Gasteiger partial charge is 0.306 e. The number of unbranched alkanes of at least 4 members (excludes halogenated alkanes) is 16. The summed E-state index contributed by atoms with van der Waals surface area (Å²) in [4.78, 5) is 38.6. The van der Waals surface area contributed by atoms with Crippen LogP contribution in [0.2, 0.25) is 0 Å². The zero-order chi connectivity index (χ0) is 35.3. The van der Waals surface area contributed by atoms with Crippen LogP contribution in [0.1, 0.15) is 181 Å². The van der Waals surface area contributed by atoms with Gasteiger partial charge in [-0.15, -0.1) is 0 Å². The third-order valence-electron chi connectivity index (χ3n) is 8.56. The summed E-state index contributed by atoms with van der Waals surface area (Å²) in [5.74, 6) is -0.303. The molecule has 280 valence electrons. The fourth-order valence-electron chi connectivity index (χ4n) is 5.57. The molecule has 0 atom stereocenters. The highest BCUT2D eigenvalue weighted by Crippen LogP contribution is 2.18. The van der Waals surface area contributed by atoms with Gasteiger partial charge < -0.3 is 19.1 Å². The third-order valence-corrected chi connectivity index (χ3v) is 8.56. The van der Waals surface area contributed by atoms with E-state index in [-0.39, 0.29) is 24.0 Å². The Labute approximate surface area is 296 Å². The fourth-order valence-corrected chi connectivity index (χ4v) is 5.57. The average molecular weight is 678 g/mol. The molecule has 0 unspecified atom stereocenters. The molecule has 0 rings (SSSR count). The Morgan fingerprint density at radius 2 is 0.917 bits per heavy atom. The van der Waals surface area contributed by atoms with Crippen molar-refractivity contribution in [2.75, 3.05) is 33.9 Å². The van der Waals surface area contributed by atoms with Crippen LogP contribution in [0, 0.1) is 0 Å². The summed E-state index contributed by atoms with van der Waals surface area (Å²) < 4.78 is 16.6. The van der Waals surface area contributed by atoms with Gasteiger partial charge >= 0.3 is 17.9 Å². The second kappa shape index (κ2) is 36.1. The largest absolute Gasteiger partial charge is 0.462 e. The van der Waals surface area contributed by atoms with E-state index >= 15 is 0 Å². The van der Waals surface area contributed by atoms with Crippen molar-refractivity contribution in [2.24, 2.45) is 0 Å². The van der Waals surface area contributed by atoms with Crippen LogP contribution in [0.25, 0.3) is 0 Å². The van der Waals surface area contributed by atoms with Crippen molar-refractivity contribution in [1.29, 1.82) is 0 Å². The predicted octanol–water partition coefficient (Wildman–Crippen LogP) is 10.8. The van der Waals surface area contributed by atoms with Gasteiger partial charge in [0.2, 0.25) is 0 Å². The summed E-state index contributed by atoms with van der Waals surface area (Å²) in [6, 6.07) is 0. The molecule has 0 aliphatic carbocycles. The van der Waals surface area contributed by atoms with E-state index in [0.29, 0.717) is 32.5 Å². The quantitative estimate of drug-likeness (QED) is 0.0286. The van der Waals surface area contributed by atoms with Crippen LogP contribution in [0.15, 0.2) is 24.3 Å². The van der Waals surface area contributed by atoms with E-state index in [2.05, 4.69) is 30.9 Å². The Morgan fingerprint density at radius 3 is 1.38 bits per heavy atom. The van der Waals surface area contributed by atoms with Crippen LogP contribution in [0.5, 0.6) is 0 Å². The molecule has 0 spiro atoms. The summed E-state index contributed by atoms with van der Waals surface area (Å²) >= 11 is 0. The minimum atomic E-state index is -0.108. The normalized spacial score (nSPS) is 11.7. The molecule has 0 aliphatic heterocycles. The third kappa shape index (κ3) is 35.2. The van der Waals surface area contributed by atoms with Crippen molar-refractivity contribution >= 4 is 17.9 Å². The maximum atomic E-state index is 12.5. The highest BCUT2D eigenvalue weighted by Gasteiger charge is 2.14. The lowest BCUT2D eigenvalue weighted by Gasteiger charge is -2.18. The van der Waals surface area contributed by atoms with E-state index < -0.39 is 0 Å². The van der Waals surface area contributed by atoms with E-state index in [4.69, 9.17) is 14.2 Å². The zero-order valence-electron chi connectivity index (χ0n) is 31.8. The first kappa shape index (κ1) is 45.9. The van der Waals surface area contributed by atoms with Gasteiger partial charge in [0.05, 0.1) is 0 Å². The highest BCUT2D eigenvalue weighted by molar-refractivity contribution is 5.70. The first-order valence-corrected chi connectivity index (χ1v) is 19.8. The molecule has 0 aromatic rings. The highest BCUT2D eigenvalue weighted by atomic mass is 16.5. The minimum Gasteiger partial charge on any atom is -0.462 e. The molecule has 0 aliphatic rings.